The predicted octanol–water partition coefficient (Wildman–Crippen LogP) is 3.09. The van der Waals surface area contributed by atoms with Gasteiger partial charge in [-0.1, -0.05) is 18.2 Å². The van der Waals surface area contributed by atoms with Crippen molar-refractivity contribution in [1.29, 1.82) is 0 Å². The molecule has 3 rings (SSSR count). The van der Waals surface area contributed by atoms with Crippen LogP contribution in [0.3, 0.4) is 0 Å². The molecule has 3 aromatic rings. The minimum Gasteiger partial charge on any atom is -0.337 e. The maximum absolute atomic E-state index is 12.1. The molecule has 0 bridgehead atoms. The van der Waals surface area contributed by atoms with Gasteiger partial charge in [0.15, 0.2) is 0 Å². The largest absolute Gasteiger partial charge is 0.337 e. The van der Waals surface area contributed by atoms with Crippen LogP contribution in [0.25, 0.3) is 10.8 Å². The molecule has 26 heavy (non-hydrogen) atoms. The lowest BCUT2D eigenvalue weighted by Crippen LogP contribution is -2.31. The van der Waals surface area contributed by atoms with Crippen molar-refractivity contribution in [2.24, 2.45) is 0 Å². The number of aryl methyl sites for hydroxylation is 1. The Morgan fingerprint density at radius 1 is 1.04 bits per heavy atom. The maximum Gasteiger partial charge on any atom is 0.319 e. The highest BCUT2D eigenvalue weighted by Gasteiger charge is 2.07. The highest BCUT2D eigenvalue weighted by atomic mass is 16.2. The van der Waals surface area contributed by atoms with Crippen LogP contribution in [0.1, 0.15) is 12.1 Å². The SMILES string of the molecule is Cc1cccc(NC(=O)CCNC(=O)Nc2cccc3cnccc23)n1. The molecular formula is C19H19N5O2. The number of hydrogen-bond acceptors (Lipinski definition) is 4. The van der Waals surface area contributed by atoms with E-state index in [-0.39, 0.29) is 24.9 Å². The van der Waals surface area contributed by atoms with Crippen LogP contribution in [0.5, 0.6) is 0 Å². The van der Waals surface area contributed by atoms with Gasteiger partial charge in [-0.2, -0.15) is 0 Å². The summed E-state index contributed by atoms with van der Waals surface area (Å²) < 4.78 is 0. The minimum absolute atomic E-state index is 0.155. The molecule has 0 atom stereocenters. The Labute approximate surface area is 150 Å². The molecule has 0 radical (unpaired) electrons. The van der Waals surface area contributed by atoms with Crippen molar-refractivity contribution in [3.05, 3.63) is 60.6 Å². The molecule has 0 saturated heterocycles. The number of nitrogens with one attached hydrogen (secondary N) is 3. The first-order valence-electron chi connectivity index (χ1n) is 8.23. The number of amides is 3. The summed E-state index contributed by atoms with van der Waals surface area (Å²) in [5.41, 5.74) is 1.52. The Morgan fingerprint density at radius 3 is 2.73 bits per heavy atom. The van der Waals surface area contributed by atoms with E-state index in [1.165, 1.54) is 0 Å². The van der Waals surface area contributed by atoms with Crippen molar-refractivity contribution in [1.82, 2.24) is 15.3 Å². The molecule has 2 heterocycles. The first-order valence-corrected chi connectivity index (χ1v) is 8.23. The third-order valence-electron chi connectivity index (χ3n) is 3.72. The number of pyridine rings is 2. The van der Waals surface area contributed by atoms with E-state index < -0.39 is 0 Å². The number of anilines is 2. The second-order valence-corrected chi connectivity index (χ2v) is 5.75. The molecule has 0 aliphatic carbocycles. The second-order valence-electron chi connectivity index (χ2n) is 5.75. The molecule has 0 unspecified atom stereocenters. The summed E-state index contributed by atoms with van der Waals surface area (Å²) in [5.74, 6) is 0.295. The van der Waals surface area contributed by atoms with E-state index in [2.05, 4.69) is 25.9 Å². The summed E-state index contributed by atoms with van der Waals surface area (Å²) in [7, 11) is 0. The molecular weight excluding hydrogens is 330 g/mol. The monoisotopic (exact) mass is 349 g/mol. The zero-order chi connectivity index (χ0) is 18.4. The molecule has 0 saturated carbocycles. The predicted molar refractivity (Wildman–Crippen MR) is 101 cm³/mol. The van der Waals surface area contributed by atoms with Gasteiger partial charge in [0.05, 0.1) is 5.69 Å². The zero-order valence-electron chi connectivity index (χ0n) is 14.3. The number of benzene rings is 1. The molecule has 3 N–H and O–H groups in total. The van der Waals surface area contributed by atoms with Crippen LogP contribution >= 0.6 is 0 Å². The average molecular weight is 349 g/mol. The van der Waals surface area contributed by atoms with Crippen molar-refractivity contribution < 1.29 is 9.59 Å². The van der Waals surface area contributed by atoms with Gasteiger partial charge in [-0.15, -0.1) is 0 Å². The van der Waals surface area contributed by atoms with Crippen LogP contribution in [0, 0.1) is 6.92 Å². The number of carbonyl (C=O) groups excluding carboxylic acids is 2. The topological polar surface area (TPSA) is 96.0 Å². The normalized spacial score (nSPS) is 10.3. The number of aromatic nitrogens is 2. The summed E-state index contributed by atoms with van der Waals surface area (Å²) in [6, 6.07) is 12.5. The summed E-state index contributed by atoms with van der Waals surface area (Å²) >= 11 is 0. The fraction of sp³-hybridized carbons (Fsp3) is 0.158. The van der Waals surface area contributed by atoms with Gasteiger partial charge in [-0.05, 0) is 31.2 Å². The smallest absolute Gasteiger partial charge is 0.319 e. The summed E-state index contributed by atoms with van der Waals surface area (Å²) in [5, 5.41) is 10.0. The first-order chi connectivity index (χ1) is 12.6. The molecule has 2 aromatic heterocycles. The van der Waals surface area contributed by atoms with E-state index in [0.717, 1.165) is 16.5 Å². The lowest BCUT2D eigenvalue weighted by atomic mass is 10.1. The summed E-state index contributed by atoms with van der Waals surface area (Å²) in [6.07, 6.45) is 3.57. The Morgan fingerprint density at radius 2 is 1.88 bits per heavy atom. The number of hydrogen-bond donors (Lipinski definition) is 3. The maximum atomic E-state index is 12.1. The van der Waals surface area contributed by atoms with E-state index >= 15 is 0 Å². The van der Waals surface area contributed by atoms with Gasteiger partial charge in [0.25, 0.3) is 0 Å². The van der Waals surface area contributed by atoms with Crippen molar-refractivity contribution in [2.75, 3.05) is 17.2 Å². The Bertz CT molecular complexity index is 937. The van der Waals surface area contributed by atoms with E-state index in [9.17, 15) is 9.59 Å². The van der Waals surface area contributed by atoms with E-state index in [1.54, 1.807) is 18.5 Å². The number of fused-ring (bicyclic) bond motifs is 1. The fourth-order valence-corrected chi connectivity index (χ4v) is 2.51. The first kappa shape index (κ1) is 17.3. The van der Waals surface area contributed by atoms with Gasteiger partial charge in [0, 0.05) is 41.8 Å². The van der Waals surface area contributed by atoms with Crippen LogP contribution < -0.4 is 16.0 Å². The highest BCUT2D eigenvalue weighted by Crippen LogP contribution is 2.21. The van der Waals surface area contributed by atoms with E-state index in [1.807, 2.05) is 43.3 Å². The quantitative estimate of drug-likeness (QED) is 0.659. The van der Waals surface area contributed by atoms with Gasteiger partial charge in [-0.25, -0.2) is 9.78 Å². The van der Waals surface area contributed by atoms with Crippen molar-refractivity contribution in [3.8, 4) is 0 Å². The number of carbonyl (C=O) groups is 2. The zero-order valence-corrected chi connectivity index (χ0v) is 14.3. The number of rotatable bonds is 5. The average Bonchev–Trinajstić information content (AvgIpc) is 2.62. The van der Waals surface area contributed by atoms with E-state index in [4.69, 9.17) is 0 Å². The lowest BCUT2D eigenvalue weighted by molar-refractivity contribution is -0.116. The molecule has 7 nitrogen and oxygen atoms in total. The Kier molecular flexibility index (Phi) is 5.38. The number of nitrogens with zero attached hydrogens (tertiary/aromatic N) is 2. The molecule has 0 spiro atoms. The van der Waals surface area contributed by atoms with Gasteiger partial charge < -0.3 is 16.0 Å². The Balaban J connectivity index is 1.49. The van der Waals surface area contributed by atoms with Crippen LogP contribution in [0.15, 0.2) is 54.9 Å². The second kappa shape index (κ2) is 8.06. The third kappa shape index (κ3) is 4.54. The molecule has 132 valence electrons. The van der Waals surface area contributed by atoms with Crippen LogP contribution in [-0.4, -0.2) is 28.5 Å². The molecule has 0 fully saturated rings. The Hall–Kier alpha value is -3.48. The molecule has 3 amide bonds. The van der Waals surface area contributed by atoms with Crippen LogP contribution in [0.2, 0.25) is 0 Å². The van der Waals surface area contributed by atoms with Crippen molar-refractivity contribution in [3.63, 3.8) is 0 Å². The van der Waals surface area contributed by atoms with Crippen molar-refractivity contribution >= 4 is 34.2 Å². The van der Waals surface area contributed by atoms with Gasteiger partial charge in [0.1, 0.15) is 5.82 Å². The van der Waals surface area contributed by atoms with Crippen LogP contribution in [0.4, 0.5) is 16.3 Å². The van der Waals surface area contributed by atoms with Gasteiger partial charge >= 0.3 is 6.03 Å². The van der Waals surface area contributed by atoms with Crippen LogP contribution in [-0.2, 0) is 4.79 Å². The minimum atomic E-state index is -0.365. The fourth-order valence-electron chi connectivity index (χ4n) is 2.51. The molecule has 0 aliphatic heterocycles. The standard InChI is InChI=1S/C19H19N5O2/c1-13-4-2-7-17(22-13)24-18(25)9-11-21-19(26)23-16-6-3-5-14-12-20-10-8-15(14)16/h2-8,10,12H,9,11H2,1H3,(H2,21,23,26)(H,22,24,25). The summed E-state index contributed by atoms with van der Waals surface area (Å²) in [4.78, 5) is 32.2. The highest BCUT2D eigenvalue weighted by molar-refractivity contribution is 6.01. The van der Waals surface area contributed by atoms with E-state index in [0.29, 0.717) is 11.5 Å². The van der Waals surface area contributed by atoms with Gasteiger partial charge in [-0.3, -0.25) is 9.78 Å². The summed E-state index contributed by atoms with van der Waals surface area (Å²) in [6.45, 7) is 2.07. The third-order valence-corrected chi connectivity index (χ3v) is 3.72. The molecule has 0 aliphatic rings. The molecule has 1 aromatic carbocycles. The lowest BCUT2D eigenvalue weighted by Gasteiger charge is -2.10. The molecule has 7 heteroatoms. The number of urea groups is 1. The van der Waals surface area contributed by atoms with Gasteiger partial charge in [0.2, 0.25) is 5.91 Å². The van der Waals surface area contributed by atoms with Crippen molar-refractivity contribution in [2.45, 2.75) is 13.3 Å².